The van der Waals surface area contributed by atoms with Crippen LogP contribution < -0.4 is 10.6 Å². The summed E-state index contributed by atoms with van der Waals surface area (Å²) in [6.07, 6.45) is 4.92. The number of anilines is 1. The molecule has 3 nitrogen and oxygen atoms in total. The Morgan fingerprint density at radius 1 is 1.25 bits per heavy atom. The van der Waals surface area contributed by atoms with Gasteiger partial charge >= 0.3 is 0 Å². The maximum atomic E-state index is 12.7. The molecule has 3 N–H and O–H groups in total. The van der Waals surface area contributed by atoms with E-state index in [1.54, 1.807) is 0 Å². The zero-order valence-corrected chi connectivity index (χ0v) is 16.0. The Morgan fingerprint density at radius 3 is 2.67 bits per heavy atom. The van der Waals surface area contributed by atoms with Gasteiger partial charge in [0.05, 0.1) is 6.04 Å². The molecule has 134 valence electrons. The van der Waals surface area contributed by atoms with Crippen LogP contribution >= 0.6 is 0 Å². The normalized spacial score (nSPS) is 26.6. The van der Waals surface area contributed by atoms with Crippen molar-refractivity contribution in [3.63, 3.8) is 0 Å². The highest BCUT2D eigenvalue weighted by molar-refractivity contribution is 5.94. The lowest BCUT2D eigenvalue weighted by molar-refractivity contribution is -0.715. The molecule has 1 fully saturated rings. The van der Waals surface area contributed by atoms with Crippen LogP contribution in [0.5, 0.6) is 0 Å². The Morgan fingerprint density at radius 2 is 1.96 bits per heavy atom. The van der Waals surface area contributed by atoms with Crippen molar-refractivity contribution in [1.82, 2.24) is 0 Å². The first-order chi connectivity index (χ1) is 11.4. The van der Waals surface area contributed by atoms with Gasteiger partial charge in [-0.2, -0.15) is 0 Å². The molecule has 1 aliphatic rings. The maximum Gasteiger partial charge on any atom is 0.282 e. The molecule has 0 unspecified atom stereocenters. The van der Waals surface area contributed by atoms with Gasteiger partial charge in [-0.1, -0.05) is 45.9 Å². The highest BCUT2D eigenvalue weighted by Gasteiger charge is 2.32. The molecule has 0 radical (unpaired) electrons. The predicted octanol–water partition coefficient (Wildman–Crippen LogP) is 3.92. The summed E-state index contributed by atoms with van der Waals surface area (Å²) in [5, 5.41) is 5.46. The van der Waals surface area contributed by atoms with E-state index in [1.165, 1.54) is 24.8 Å². The summed E-state index contributed by atoms with van der Waals surface area (Å²) in [6.45, 7) is 11.1. The molecule has 1 aliphatic carbocycles. The van der Waals surface area contributed by atoms with Gasteiger partial charge in [0.1, 0.15) is 0 Å². The highest BCUT2D eigenvalue weighted by Crippen LogP contribution is 2.28. The number of quaternary nitrogens is 1. The van der Waals surface area contributed by atoms with Gasteiger partial charge in [-0.25, -0.2) is 0 Å². The minimum Gasteiger partial charge on any atom is -0.334 e. The molecule has 1 amide bonds. The van der Waals surface area contributed by atoms with Crippen molar-refractivity contribution < 1.29 is 10.1 Å². The lowest BCUT2D eigenvalue weighted by Gasteiger charge is -2.33. The van der Waals surface area contributed by atoms with Crippen molar-refractivity contribution in [3.05, 3.63) is 29.8 Å². The lowest BCUT2D eigenvalue weighted by Crippen LogP contribution is -2.97. The van der Waals surface area contributed by atoms with Gasteiger partial charge in [-0.15, -0.1) is 0 Å². The van der Waals surface area contributed by atoms with Gasteiger partial charge in [0.2, 0.25) is 0 Å². The summed E-state index contributed by atoms with van der Waals surface area (Å²) in [4.78, 5) is 12.7. The number of nitrogens with one attached hydrogen (secondary N) is 1. The largest absolute Gasteiger partial charge is 0.334 e. The van der Waals surface area contributed by atoms with E-state index in [-0.39, 0.29) is 11.9 Å². The van der Waals surface area contributed by atoms with E-state index < -0.39 is 0 Å². The second kappa shape index (κ2) is 8.66. The van der Waals surface area contributed by atoms with Crippen LogP contribution in [0.2, 0.25) is 0 Å². The molecule has 1 aromatic carbocycles. The third-order valence-electron chi connectivity index (χ3n) is 6.08. The Bertz CT molecular complexity index is 542. The molecule has 0 aromatic heterocycles. The topological polar surface area (TPSA) is 45.7 Å². The second-order valence-electron chi connectivity index (χ2n) is 7.80. The number of rotatable bonds is 6. The number of carbonyl (C=O) groups is 1. The van der Waals surface area contributed by atoms with E-state index in [0.29, 0.717) is 17.9 Å². The first-order valence-corrected chi connectivity index (χ1v) is 9.68. The fourth-order valence-electron chi connectivity index (χ4n) is 3.86. The molecule has 1 aromatic rings. The molecule has 1 saturated carbocycles. The van der Waals surface area contributed by atoms with E-state index in [2.05, 4.69) is 50.5 Å². The van der Waals surface area contributed by atoms with Crippen LogP contribution in [-0.4, -0.2) is 18.0 Å². The molecule has 2 rings (SSSR count). The van der Waals surface area contributed by atoms with Crippen molar-refractivity contribution >= 4 is 11.6 Å². The average molecular weight is 332 g/mol. The number of amides is 1. The third-order valence-corrected chi connectivity index (χ3v) is 6.08. The van der Waals surface area contributed by atoms with Crippen LogP contribution in [0.1, 0.15) is 71.8 Å². The molecule has 0 bridgehead atoms. The predicted molar refractivity (Wildman–Crippen MR) is 101 cm³/mol. The summed E-state index contributed by atoms with van der Waals surface area (Å²) >= 11 is 0. The van der Waals surface area contributed by atoms with Crippen molar-refractivity contribution in [2.75, 3.05) is 5.32 Å². The molecule has 0 saturated heterocycles. The quantitative estimate of drug-likeness (QED) is 0.815. The molecule has 24 heavy (non-hydrogen) atoms. The van der Waals surface area contributed by atoms with Crippen molar-refractivity contribution in [2.24, 2.45) is 11.8 Å². The maximum absolute atomic E-state index is 12.7. The lowest BCUT2D eigenvalue weighted by atomic mass is 9.78. The van der Waals surface area contributed by atoms with Gasteiger partial charge in [0, 0.05) is 11.6 Å². The third kappa shape index (κ3) is 4.60. The van der Waals surface area contributed by atoms with Crippen LogP contribution in [0.3, 0.4) is 0 Å². The zero-order chi connectivity index (χ0) is 17.7. The number of hydrogen-bond acceptors (Lipinski definition) is 1. The van der Waals surface area contributed by atoms with E-state index in [0.717, 1.165) is 18.0 Å². The minimum atomic E-state index is -0.0484. The second-order valence-corrected chi connectivity index (χ2v) is 7.80. The van der Waals surface area contributed by atoms with Gasteiger partial charge in [0.15, 0.2) is 6.04 Å². The van der Waals surface area contributed by atoms with Crippen LogP contribution in [0.4, 0.5) is 5.69 Å². The number of para-hydroxylation sites is 1. The van der Waals surface area contributed by atoms with Crippen LogP contribution in [-0.2, 0) is 4.79 Å². The van der Waals surface area contributed by atoms with Crippen molar-refractivity contribution in [1.29, 1.82) is 0 Å². The summed E-state index contributed by atoms with van der Waals surface area (Å²) in [7, 11) is 0. The molecular weight excluding hydrogens is 296 g/mol. The SMILES string of the molecule is CC[C@H](C)c1ccccc1NC(=O)[C@H](C)[NH2+][C@@H]1CCC[C@H](C)[C@@H]1C. The van der Waals surface area contributed by atoms with Crippen LogP contribution in [0.15, 0.2) is 24.3 Å². The first-order valence-electron chi connectivity index (χ1n) is 9.68. The molecular formula is C21H35N2O+. The first kappa shape index (κ1) is 19.0. The van der Waals surface area contributed by atoms with E-state index >= 15 is 0 Å². The summed E-state index contributed by atoms with van der Waals surface area (Å²) < 4.78 is 0. The highest BCUT2D eigenvalue weighted by atomic mass is 16.2. The molecule has 0 heterocycles. The number of nitrogens with two attached hydrogens (primary N) is 1. The number of benzene rings is 1. The fraction of sp³-hybridized carbons (Fsp3) is 0.667. The van der Waals surface area contributed by atoms with E-state index in [1.807, 2.05) is 19.1 Å². The fourth-order valence-corrected chi connectivity index (χ4v) is 3.86. The number of carbonyl (C=O) groups excluding carboxylic acids is 1. The molecule has 0 spiro atoms. The summed E-state index contributed by atoms with van der Waals surface area (Å²) in [5.74, 6) is 2.03. The standard InChI is InChI=1S/C21H34N2O/c1-6-14(2)18-11-7-8-12-20(18)23-21(24)17(5)22-19-13-9-10-15(3)16(19)4/h7-8,11-12,14-17,19,22H,6,9-10,13H2,1-5H3,(H,23,24)/p+1/t14-,15-,16-,17-,19+/m0/s1. The van der Waals surface area contributed by atoms with E-state index in [9.17, 15) is 4.79 Å². The molecule has 5 atom stereocenters. The minimum absolute atomic E-state index is 0.0484. The van der Waals surface area contributed by atoms with Crippen LogP contribution in [0, 0.1) is 11.8 Å². The Balaban J connectivity index is 1.99. The van der Waals surface area contributed by atoms with Gasteiger partial charge in [-0.05, 0) is 56.1 Å². The summed E-state index contributed by atoms with van der Waals surface area (Å²) in [5.41, 5.74) is 2.21. The van der Waals surface area contributed by atoms with E-state index in [4.69, 9.17) is 0 Å². The Hall–Kier alpha value is -1.35. The number of hydrogen-bond donors (Lipinski definition) is 2. The van der Waals surface area contributed by atoms with Crippen molar-refractivity contribution in [3.8, 4) is 0 Å². The van der Waals surface area contributed by atoms with Gasteiger partial charge in [-0.3, -0.25) is 4.79 Å². The summed E-state index contributed by atoms with van der Waals surface area (Å²) in [6, 6.07) is 8.73. The monoisotopic (exact) mass is 331 g/mol. The zero-order valence-electron chi connectivity index (χ0n) is 16.0. The smallest absolute Gasteiger partial charge is 0.282 e. The van der Waals surface area contributed by atoms with Crippen molar-refractivity contribution in [2.45, 2.75) is 78.3 Å². The van der Waals surface area contributed by atoms with Gasteiger partial charge in [0.25, 0.3) is 5.91 Å². The average Bonchev–Trinajstić information content (AvgIpc) is 2.58. The Labute approximate surface area is 147 Å². The van der Waals surface area contributed by atoms with Crippen LogP contribution in [0.25, 0.3) is 0 Å². The molecule has 3 heteroatoms. The molecule has 0 aliphatic heterocycles. The van der Waals surface area contributed by atoms with Gasteiger partial charge < -0.3 is 10.6 Å². The Kier molecular flexibility index (Phi) is 6.85.